The standard InChI is InChI=1S/C20H24Cl2N2O3/c1-13(18-9-4-15(21)12-19(18)22)24-20(25)14(2)23-10-11-27-17-7-5-16(26-3)6-8-17/h4-9,12-14,23H,10-11H2,1-3H3,(H,24,25)/t13-,14+/m0/s1. The maximum absolute atomic E-state index is 12.3. The van der Waals surface area contributed by atoms with Gasteiger partial charge in [0.1, 0.15) is 18.1 Å². The fourth-order valence-corrected chi connectivity index (χ4v) is 3.05. The third-order valence-corrected chi connectivity index (χ3v) is 4.62. The van der Waals surface area contributed by atoms with Gasteiger partial charge in [0.2, 0.25) is 5.91 Å². The van der Waals surface area contributed by atoms with E-state index in [1.165, 1.54) is 0 Å². The minimum Gasteiger partial charge on any atom is -0.497 e. The van der Waals surface area contributed by atoms with Crippen molar-refractivity contribution in [1.82, 2.24) is 10.6 Å². The molecule has 0 radical (unpaired) electrons. The third kappa shape index (κ3) is 6.61. The summed E-state index contributed by atoms with van der Waals surface area (Å²) in [6.07, 6.45) is 0. The molecule has 2 N–H and O–H groups in total. The van der Waals surface area contributed by atoms with Gasteiger partial charge in [0, 0.05) is 16.6 Å². The summed E-state index contributed by atoms with van der Waals surface area (Å²) in [5, 5.41) is 7.18. The highest BCUT2D eigenvalue weighted by Crippen LogP contribution is 2.26. The maximum atomic E-state index is 12.3. The van der Waals surface area contributed by atoms with Crippen molar-refractivity contribution in [3.8, 4) is 11.5 Å². The van der Waals surface area contributed by atoms with E-state index in [9.17, 15) is 4.79 Å². The van der Waals surface area contributed by atoms with Gasteiger partial charge in [-0.15, -0.1) is 0 Å². The Morgan fingerprint density at radius 1 is 1.07 bits per heavy atom. The van der Waals surface area contributed by atoms with Gasteiger partial charge in [-0.3, -0.25) is 4.79 Å². The monoisotopic (exact) mass is 410 g/mol. The minimum absolute atomic E-state index is 0.113. The van der Waals surface area contributed by atoms with Crippen LogP contribution in [-0.2, 0) is 4.79 Å². The molecular formula is C20H24Cl2N2O3. The van der Waals surface area contributed by atoms with Crippen LogP contribution in [0.2, 0.25) is 10.0 Å². The number of carbonyl (C=O) groups excluding carboxylic acids is 1. The zero-order chi connectivity index (χ0) is 19.8. The quantitative estimate of drug-likeness (QED) is 0.607. The summed E-state index contributed by atoms with van der Waals surface area (Å²) in [4.78, 5) is 12.3. The van der Waals surface area contributed by atoms with Crippen molar-refractivity contribution in [2.45, 2.75) is 25.9 Å². The van der Waals surface area contributed by atoms with Gasteiger partial charge in [0.15, 0.2) is 0 Å². The Kier molecular flexibility index (Phi) is 8.23. The highest BCUT2D eigenvalue weighted by molar-refractivity contribution is 6.35. The zero-order valence-electron chi connectivity index (χ0n) is 15.6. The Hall–Kier alpha value is -1.95. The van der Waals surface area contributed by atoms with Gasteiger partial charge < -0.3 is 20.1 Å². The molecule has 2 aromatic carbocycles. The lowest BCUT2D eigenvalue weighted by molar-refractivity contribution is -0.123. The second kappa shape index (κ2) is 10.4. The predicted molar refractivity (Wildman–Crippen MR) is 109 cm³/mol. The van der Waals surface area contributed by atoms with Gasteiger partial charge in [-0.05, 0) is 55.8 Å². The number of ether oxygens (including phenoxy) is 2. The number of benzene rings is 2. The van der Waals surface area contributed by atoms with E-state index in [2.05, 4.69) is 10.6 Å². The average Bonchev–Trinajstić information content (AvgIpc) is 2.65. The van der Waals surface area contributed by atoms with Crippen LogP contribution in [0, 0.1) is 0 Å². The number of amides is 1. The van der Waals surface area contributed by atoms with E-state index in [1.807, 2.05) is 37.3 Å². The molecule has 0 heterocycles. The van der Waals surface area contributed by atoms with Gasteiger partial charge in [0.05, 0.1) is 19.2 Å². The molecule has 2 aromatic rings. The van der Waals surface area contributed by atoms with E-state index in [1.54, 1.807) is 26.2 Å². The normalized spacial score (nSPS) is 12.9. The van der Waals surface area contributed by atoms with Crippen LogP contribution >= 0.6 is 23.2 Å². The van der Waals surface area contributed by atoms with Gasteiger partial charge in [0.25, 0.3) is 0 Å². The largest absolute Gasteiger partial charge is 0.497 e. The fourth-order valence-electron chi connectivity index (χ4n) is 2.48. The molecular weight excluding hydrogens is 387 g/mol. The molecule has 0 bridgehead atoms. The van der Waals surface area contributed by atoms with E-state index >= 15 is 0 Å². The molecule has 5 nitrogen and oxygen atoms in total. The van der Waals surface area contributed by atoms with Crippen molar-refractivity contribution in [3.05, 3.63) is 58.1 Å². The number of hydrogen-bond donors (Lipinski definition) is 2. The molecule has 0 saturated carbocycles. The SMILES string of the molecule is COc1ccc(OCCN[C@H](C)C(=O)N[C@@H](C)c2ccc(Cl)cc2Cl)cc1. The second-order valence-electron chi connectivity index (χ2n) is 6.10. The van der Waals surface area contributed by atoms with E-state index < -0.39 is 0 Å². The first-order valence-electron chi connectivity index (χ1n) is 8.66. The summed E-state index contributed by atoms with van der Waals surface area (Å²) in [5.41, 5.74) is 0.824. The molecule has 2 atom stereocenters. The lowest BCUT2D eigenvalue weighted by Crippen LogP contribution is -2.44. The van der Waals surface area contributed by atoms with Gasteiger partial charge in [-0.25, -0.2) is 0 Å². The lowest BCUT2D eigenvalue weighted by atomic mass is 10.1. The lowest BCUT2D eigenvalue weighted by Gasteiger charge is -2.20. The van der Waals surface area contributed by atoms with Crippen LogP contribution in [0.4, 0.5) is 0 Å². The molecule has 7 heteroatoms. The fraction of sp³-hybridized carbons (Fsp3) is 0.350. The van der Waals surface area contributed by atoms with E-state index in [4.69, 9.17) is 32.7 Å². The number of nitrogens with one attached hydrogen (secondary N) is 2. The maximum Gasteiger partial charge on any atom is 0.237 e. The van der Waals surface area contributed by atoms with Crippen molar-refractivity contribution in [3.63, 3.8) is 0 Å². The molecule has 0 aromatic heterocycles. The van der Waals surface area contributed by atoms with Crippen molar-refractivity contribution < 1.29 is 14.3 Å². The molecule has 0 unspecified atom stereocenters. The summed E-state index contributed by atoms with van der Waals surface area (Å²) < 4.78 is 10.7. The average molecular weight is 411 g/mol. The van der Waals surface area contributed by atoms with Crippen molar-refractivity contribution >= 4 is 29.1 Å². The topological polar surface area (TPSA) is 59.6 Å². The Bertz CT molecular complexity index is 753. The molecule has 1 amide bonds. The van der Waals surface area contributed by atoms with Gasteiger partial charge >= 0.3 is 0 Å². The Morgan fingerprint density at radius 2 is 1.74 bits per heavy atom. The summed E-state index contributed by atoms with van der Waals surface area (Å²) in [5.74, 6) is 1.42. The minimum atomic E-state index is -0.363. The summed E-state index contributed by atoms with van der Waals surface area (Å²) >= 11 is 12.1. The zero-order valence-corrected chi connectivity index (χ0v) is 17.1. The van der Waals surface area contributed by atoms with Crippen molar-refractivity contribution in [2.75, 3.05) is 20.3 Å². The van der Waals surface area contributed by atoms with E-state index in [0.717, 1.165) is 17.1 Å². The highest BCUT2D eigenvalue weighted by Gasteiger charge is 2.17. The molecule has 27 heavy (non-hydrogen) atoms. The molecule has 0 aliphatic rings. The molecule has 0 spiro atoms. The van der Waals surface area contributed by atoms with Gasteiger partial charge in [-0.2, -0.15) is 0 Å². The first-order chi connectivity index (χ1) is 12.9. The molecule has 2 rings (SSSR count). The second-order valence-corrected chi connectivity index (χ2v) is 6.94. The highest BCUT2D eigenvalue weighted by atomic mass is 35.5. The summed E-state index contributed by atoms with van der Waals surface area (Å²) in [7, 11) is 1.62. The van der Waals surface area contributed by atoms with E-state index in [0.29, 0.717) is 23.2 Å². The van der Waals surface area contributed by atoms with Crippen molar-refractivity contribution in [2.24, 2.45) is 0 Å². The number of rotatable bonds is 9. The van der Waals surface area contributed by atoms with Crippen LogP contribution in [-0.4, -0.2) is 32.2 Å². The number of methoxy groups -OCH3 is 1. The predicted octanol–water partition coefficient (Wildman–Crippen LogP) is 4.24. The third-order valence-electron chi connectivity index (χ3n) is 4.06. The molecule has 0 fully saturated rings. The van der Waals surface area contributed by atoms with Crippen LogP contribution < -0.4 is 20.1 Å². The number of halogens is 2. The van der Waals surface area contributed by atoms with Gasteiger partial charge in [-0.1, -0.05) is 29.3 Å². The first-order valence-corrected chi connectivity index (χ1v) is 9.42. The smallest absolute Gasteiger partial charge is 0.237 e. The van der Waals surface area contributed by atoms with Crippen molar-refractivity contribution in [1.29, 1.82) is 0 Å². The molecule has 0 aliphatic heterocycles. The van der Waals surface area contributed by atoms with E-state index in [-0.39, 0.29) is 18.0 Å². The van der Waals surface area contributed by atoms with Crippen LogP contribution in [0.3, 0.4) is 0 Å². The molecule has 0 aliphatic carbocycles. The Balaban J connectivity index is 1.74. The Labute approximate surface area is 170 Å². The number of hydrogen-bond acceptors (Lipinski definition) is 4. The summed E-state index contributed by atoms with van der Waals surface area (Å²) in [6, 6.07) is 12.0. The molecule has 146 valence electrons. The Morgan fingerprint density at radius 3 is 2.37 bits per heavy atom. The van der Waals surface area contributed by atoms with Crippen LogP contribution in [0.1, 0.15) is 25.5 Å². The van der Waals surface area contributed by atoms with Crippen LogP contribution in [0.15, 0.2) is 42.5 Å². The number of carbonyl (C=O) groups is 1. The van der Waals surface area contributed by atoms with Crippen LogP contribution in [0.5, 0.6) is 11.5 Å². The molecule has 0 saturated heterocycles. The first kappa shape index (κ1) is 21.4. The van der Waals surface area contributed by atoms with Crippen LogP contribution in [0.25, 0.3) is 0 Å². The summed E-state index contributed by atoms with van der Waals surface area (Å²) in [6.45, 7) is 4.67.